The quantitative estimate of drug-likeness (QED) is 0.700. The fraction of sp³-hybridized carbons (Fsp3) is 0.917. The lowest BCUT2D eigenvalue weighted by Gasteiger charge is -2.36. The Balaban J connectivity index is 1.83. The number of nitrogens with zero attached hydrogens (tertiary/aromatic N) is 2. The average molecular weight is 226 g/mol. The third-order valence-corrected chi connectivity index (χ3v) is 3.86. The second-order valence-electron chi connectivity index (χ2n) is 5.13. The van der Waals surface area contributed by atoms with Crippen LogP contribution in [0.3, 0.4) is 0 Å². The Labute approximate surface area is 97.2 Å². The smallest absolute Gasteiger partial charge is 0.225 e. The third kappa shape index (κ3) is 2.74. The lowest BCUT2D eigenvalue weighted by atomic mass is 9.86. The summed E-state index contributed by atoms with van der Waals surface area (Å²) in [7, 11) is 2.10. The van der Waals surface area contributed by atoms with E-state index in [2.05, 4.69) is 11.9 Å². The summed E-state index contributed by atoms with van der Waals surface area (Å²) in [4.78, 5) is 16.5. The predicted octanol–water partition coefficient (Wildman–Crippen LogP) is 0.311. The van der Waals surface area contributed by atoms with E-state index in [1.54, 1.807) is 0 Å². The standard InChI is InChI=1S/C12H22N2O2/c1-13-6-8-14(9-7-13)12(16)10-2-4-11(15)5-3-10/h10-11,15H,2-9H2,1H3. The number of rotatable bonds is 1. The molecule has 1 saturated carbocycles. The first-order chi connectivity index (χ1) is 7.66. The summed E-state index contributed by atoms with van der Waals surface area (Å²) in [6.07, 6.45) is 3.16. The first-order valence-electron chi connectivity index (χ1n) is 6.32. The lowest BCUT2D eigenvalue weighted by Crippen LogP contribution is -2.49. The number of hydrogen-bond donors (Lipinski definition) is 1. The van der Waals surface area contributed by atoms with E-state index >= 15 is 0 Å². The molecular weight excluding hydrogens is 204 g/mol. The van der Waals surface area contributed by atoms with Gasteiger partial charge in [-0.15, -0.1) is 0 Å². The third-order valence-electron chi connectivity index (χ3n) is 3.86. The Morgan fingerprint density at radius 3 is 2.19 bits per heavy atom. The second kappa shape index (κ2) is 5.15. The highest BCUT2D eigenvalue weighted by atomic mass is 16.3. The Morgan fingerprint density at radius 1 is 1.06 bits per heavy atom. The largest absolute Gasteiger partial charge is 0.393 e. The molecule has 0 spiro atoms. The van der Waals surface area contributed by atoms with Crippen LogP contribution in [-0.2, 0) is 4.79 Å². The maximum absolute atomic E-state index is 12.2. The van der Waals surface area contributed by atoms with Crippen molar-refractivity contribution in [1.82, 2.24) is 9.80 Å². The minimum atomic E-state index is -0.170. The lowest BCUT2D eigenvalue weighted by molar-refractivity contribution is -0.138. The van der Waals surface area contributed by atoms with E-state index in [9.17, 15) is 9.90 Å². The van der Waals surface area contributed by atoms with Crippen molar-refractivity contribution in [1.29, 1.82) is 0 Å². The fourth-order valence-electron chi connectivity index (χ4n) is 2.61. The van der Waals surface area contributed by atoms with Crippen molar-refractivity contribution in [3.63, 3.8) is 0 Å². The van der Waals surface area contributed by atoms with Crippen LogP contribution in [0.1, 0.15) is 25.7 Å². The summed E-state index contributed by atoms with van der Waals surface area (Å²) in [5.74, 6) is 0.492. The van der Waals surface area contributed by atoms with Crippen LogP contribution < -0.4 is 0 Å². The normalized spacial score (nSPS) is 32.8. The second-order valence-corrected chi connectivity index (χ2v) is 5.13. The molecule has 16 heavy (non-hydrogen) atoms. The van der Waals surface area contributed by atoms with Crippen LogP contribution in [0.25, 0.3) is 0 Å². The number of piperazine rings is 1. The molecule has 0 atom stereocenters. The first kappa shape index (κ1) is 11.9. The van der Waals surface area contributed by atoms with Crippen LogP contribution in [-0.4, -0.2) is 60.1 Å². The Morgan fingerprint density at radius 2 is 1.62 bits per heavy atom. The van der Waals surface area contributed by atoms with Gasteiger partial charge in [-0.25, -0.2) is 0 Å². The highest BCUT2D eigenvalue weighted by molar-refractivity contribution is 5.79. The molecule has 1 aliphatic heterocycles. The minimum Gasteiger partial charge on any atom is -0.393 e. The highest BCUT2D eigenvalue weighted by Gasteiger charge is 2.29. The van der Waals surface area contributed by atoms with E-state index in [0.717, 1.165) is 51.9 Å². The molecule has 0 unspecified atom stereocenters. The van der Waals surface area contributed by atoms with E-state index in [0.29, 0.717) is 5.91 Å². The zero-order valence-electron chi connectivity index (χ0n) is 10.1. The molecular formula is C12H22N2O2. The van der Waals surface area contributed by atoms with Gasteiger partial charge in [0.1, 0.15) is 0 Å². The summed E-state index contributed by atoms with van der Waals surface area (Å²) >= 11 is 0. The van der Waals surface area contributed by atoms with Crippen molar-refractivity contribution in [3.8, 4) is 0 Å². The van der Waals surface area contributed by atoms with Crippen LogP contribution in [0.2, 0.25) is 0 Å². The SMILES string of the molecule is CN1CCN(C(=O)C2CCC(O)CC2)CC1. The van der Waals surface area contributed by atoms with Crippen LogP contribution >= 0.6 is 0 Å². The molecule has 0 aromatic carbocycles. The van der Waals surface area contributed by atoms with Crippen molar-refractivity contribution < 1.29 is 9.90 Å². The Hall–Kier alpha value is -0.610. The number of likely N-dealkylation sites (N-methyl/N-ethyl adjacent to an activating group) is 1. The Bertz CT molecular complexity index is 217. The molecule has 1 N–H and O–H groups in total. The number of carbonyl (C=O) groups is 1. The maximum Gasteiger partial charge on any atom is 0.225 e. The van der Waals surface area contributed by atoms with Gasteiger partial charge in [0.25, 0.3) is 0 Å². The van der Waals surface area contributed by atoms with E-state index in [4.69, 9.17) is 0 Å². The van der Waals surface area contributed by atoms with Gasteiger partial charge in [-0.1, -0.05) is 0 Å². The van der Waals surface area contributed by atoms with Crippen LogP contribution in [0.4, 0.5) is 0 Å². The van der Waals surface area contributed by atoms with Crippen LogP contribution in [0.15, 0.2) is 0 Å². The zero-order chi connectivity index (χ0) is 11.5. The van der Waals surface area contributed by atoms with E-state index < -0.39 is 0 Å². The monoisotopic (exact) mass is 226 g/mol. The molecule has 1 aliphatic carbocycles. The zero-order valence-corrected chi connectivity index (χ0v) is 10.1. The molecule has 1 amide bonds. The molecule has 0 radical (unpaired) electrons. The molecule has 2 rings (SSSR count). The first-order valence-corrected chi connectivity index (χ1v) is 6.32. The molecule has 92 valence electrons. The summed E-state index contributed by atoms with van der Waals surface area (Å²) in [5, 5.41) is 9.42. The van der Waals surface area contributed by atoms with E-state index in [-0.39, 0.29) is 12.0 Å². The number of aliphatic hydroxyl groups is 1. The van der Waals surface area contributed by atoms with Gasteiger partial charge >= 0.3 is 0 Å². The molecule has 0 aromatic rings. The molecule has 4 nitrogen and oxygen atoms in total. The molecule has 1 heterocycles. The highest BCUT2D eigenvalue weighted by Crippen LogP contribution is 2.26. The van der Waals surface area contributed by atoms with Gasteiger partial charge in [0.2, 0.25) is 5.91 Å². The van der Waals surface area contributed by atoms with Gasteiger partial charge in [-0.2, -0.15) is 0 Å². The van der Waals surface area contributed by atoms with Gasteiger partial charge in [-0.3, -0.25) is 4.79 Å². The maximum atomic E-state index is 12.2. The van der Waals surface area contributed by atoms with Crippen molar-refractivity contribution in [2.75, 3.05) is 33.2 Å². The summed E-state index contributed by atoms with van der Waals surface area (Å²) < 4.78 is 0. The minimum absolute atomic E-state index is 0.170. The number of amides is 1. The number of aliphatic hydroxyl groups excluding tert-OH is 1. The summed E-state index contributed by atoms with van der Waals surface area (Å²) in [6, 6.07) is 0. The fourth-order valence-corrected chi connectivity index (χ4v) is 2.61. The van der Waals surface area contributed by atoms with Gasteiger partial charge in [0, 0.05) is 32.1 Å². The average Bonchev–Trinajstić information content (AvgIpc) is 2.30. The molecule has 1 saturated heterocycles. The topological polar surface area (TPSA) is 43.8 Å². The van der Waals surface area contributed by atoms with E-state index in [1.165, 1.54) is 0 Å². The summed E-state index contributed by atoms with van der Waals surface area (Å²) in [6.45, 7) is 3.71. The van der Waals surface area contributed by atoms with Crippen LogP contribution in [0, 0.1) is 5.92 Å². The van der Waals surface area contributed by atoms with Gasteiger partial charge in [0.15, 0.2) is 0 Å². The van der Waals surface area contributed by atoms with E-state index in [1.807, 2.05) is 4.90 Å². The van der Waals surface area contributed by atoms with Crippen molar-refractivity contribution in [3.05, 3.63) is 0 Å². The number of carbonyl (C=O) groups excluding carboxylic acids is 1. The van der Waals surface area contributed by atoms with Crippen molar-refractivity contribution in [2.24, 2.45) is 5.92 Å². The predicted molar refractivity (Wildman–Crippen MR) is 62.0 cm³/mol. The Kier molecular flexibility index (Phi) is 3.82. The van der Waals surface area contributed by atoms with Crippen molar-refractivity contribution >= 4 is 5.91 Å². The molecule has 2 fully saturated rings. The summed E-state index contributed by atoms with van der Waals surface area (Å²) in [5.41, 5.74) is 0. The van der Waals surface area contributed by atoms with Gasteiger partial charge in [0.05, 0.1) is 6.10 Å². The molecule has 0 bridgehead atoms. The molecule has 2 aliphatic rings. The number of hydrogen-bond acceptors (Lipinski definition) is 3. The molecule has 4 heteroatoms. The van der Waals surface area contributed by atoms with Gasteiger partial charge in [-0.05, 0) is 32.7 Å². The van der Waals surface area contributed by atoms with Gasteiger partial charge < -0.3 is 14.9 Å². The van der Waals surface area contributed by atoms with Crippen LogP contribution in [0.5, 0.6) is 0 Å². The van der Waals surface area contributed by atoms with Crippen molar-refractivity contribution in [2.45, 2.75) is 31.8 Å². The molecule has 0 aromatic heterocycles.